The zero-order valence-corrected chi connectivity index (χ0v) is 9.93. The lowest BCUT2D eigenvalue weighted by Crippen LogP contribution is -2.42. The maximum absolute atomic E-state index is 11.8. The van der Waals surface area contributed by atoms with Gasteiger partial charge in [0, 0.05) is 5.56 Å². The van der Waals surface area contributed by atoms with Gasteiger partial charge in [0.25, 0.3) is 5.91 Å². The van der Waals surface area contributed by atoms with Gasteiger partial charge in [-0.25, -0.2) is 0 Å². The molecule has 0 spiro atoms. The van der Waals surface area contributed by atoms with E-state index in [2.05, 4.69) is 11.2 Å². The molecule has 84 valence electrons. The van der Waals surface area contributed by atoms with Crippen molar-refractivity contribution in [3.05, 3.63) is 28.8 Å². The first-order valence-corrected chi connectivity index (χ1v) is 5.09. The number of amides is 1. The van der Waals surface area contributed by atoms with E-state index in [1.54, 1.807) is 26.0 Å². The van der Waals surface area contributed by atoms with Crippen molar-refractivity contribution in [2.45, 2.75) is 19.4 Å². The molecule has 1 aromatic carbocycles. The van der Waals surface area contributed by atoms with Crippen molar-refractivity contribution < 1.29 is 4.79 Å². The van der Waals surface area contributed by atoms with E-state index in [1.165, 1.54) is 6.07 Å². The van der Waals surface area contributed by atoms with Gasteiger partial charge in [-0.1, -0.05) is 17.5 Å². The highest BCUT2D eigenvalue weighted by Gasteiger charge is 2.18. The number of hydrogen-bond acceptors (Lipinski definition) is 2. The molecule has 0 saturated carbocycles. The Labute approximate surface area is 100.0 Å². The van der Waals surface area contributed by atoms with Gasteiger partial charge in [0.1, 0.15) is 0 Å². The van der Waals surface area contributed by atoms with Crippen molar-refractivity contribution in [2.75, 3.05) is 5.73 Å². The predicted molar refractivity (Wildman–Crippen MR) is 66.2 cm³/mol. The molecule has 0 saturated heterocycles. The van der Waals surface area contributed by atoms with Crippen LogP contribution in [0.4, 0.5) is 5.69 Å². The summed E-state index contributed by atoms with van der Waals surface area (Å²) < 4.78 is 0. The third-order valence-electron chi connectivity index (χ3n) is 2.05. The molecule has 16 heavy (non-hydrogen) atoms. The van der Waals surface area contributed by atoms with E-state index >= 15 is 0 Å². The van der Waals surface area contributed by atoms with E-state index < -0.39 is 5.54 Å². The summed E-state index contributed by atoms with van der Waals surface area (Å²) in [5, 5.41) is 3.12. The van der Waals surface area contributed by atoms with E-state index in [4.69, 9.17) is 23.8 Å². The second-order valence-corrected chi connectivity index (χ2v) is 4.37. The first kappa shape index (κ1) is 12.4. The van der Waals surface area contributed by atoms with Crippen LogP contribution in [-0.2, 0) is 0 Å². The Bertz CT molecular complexity index is 461. The Morgan fingerprint density at radius 3 is 2.69 bits per heavy atom. The molecule has 0 heterocycles. The third-order valence-corrected chi connectivity index (χ3v) is 2.39. The van der Waals surface area contributed by atoms with Gasteiger partial charge in [0.2, 0.25) is 0 Å². The summed E-state index contributed by atoms with van der Waals surface area (Å²) in [5.74, 6) is 2.21. The molecule has 0 bridgehead atoms. The molecule has 0 fully saturated rings. The summed E-state index contributed by atoms with van der Waals surface area (Å²) in [6.45, 7) is 3.48. The molecule has 0 atom stereocenters. The Morgan fingerprint density at radius 2 is 2.19 bits per heavy atom. The number of rotatable bonds is 2. The van der Waals surface area contributed by atoms with Crippen molar-refractivity contribution in [3.63, 3.8) is 0 Å². The van der Waals surface area contributed by atoms with E-state index in [9.17, 15) is 4.79 Å². The standard InChI is InChI=1S/C12H13ClN2O/c1-4-12(2,3)15-11(16)8-5-6-9(13)10(14)7-8/h1,5-7H,14H2,2-3H3,(H,15,16). The molecule has 0 aliphatic rings. The highest BCUT2D eigenvalue weighted by atomic mass is 35.5. The van der Waals surface area contributed by atoms with Crippen molar-refractivity contribution in [3.8, 4) is 12.3 Å². The van der Waals surface area contributed by atoms with Crippen molar-refractivity contribution >= 4 is 23.2 Å². The molecule has 0 aromatic heterocycles. The lowest BCUT2D eigenvalue weighted by Gasteiger charge is -2.19. The van der Waals surface area contributed by atoms with Gasteiger partial charge in [0.05, 0.1) is 16.2 Å². The predicted octanol–water partition coefficient (Wildman–Crippen LogP) is 2.06. The van der Waals surface area contributed by atoms with Crippen molar-refractivity contribution in [1.82, 2.24) is 5.32 Å². The number of nitrogens with two attached hydrogens (primary N) is 1. The number of carbonyl (C=O) groups is 1. The van der Waals surface area contributed by atoms with Crippen LogP contribution in [0.5, 0.6) is 0 Å². The molecule has 0 unspecified atom stereocenters. The smallest absolute Gasteiger partial charge is 0.252 e. The number of halogens is 1. The van der Waals surface area contributed by atoms with E-state index in [1.807, 2.05) is 0 Å². The Hall–Kier alpha value is -1.66. The molecule has 0 radical (unpaired) electrons. The molecule has 4 heteroatoms. The fraction of sp³-hybridized carbons (Fsp3) is 0.250. The zero-order chi connectivity index (χ0) is 12.3. The summed E-state index contributed by atoms with van der Waals surface area (Å²) in [6.07, 6.45) is 5.28. The maximum Gasteiger partial charge on any atom is 0.252 e. The van der Waals surface area contributed by atoms with Crippen LogP contribution in [0.3, 0.4) is 0 Å². The average molecular weight is 237 g/mol. The molecular formula is C12H13ClN2O. The van der Waals surface area contributed by atoms with Gasteiger partial charge < -0.3 is 11.1 Å². The summed E-state index contributed by atoms with van der Waals surface area (Å²) in [5.41, 5.74) is 5.72. The number of benzene rings is 1. The number of nitrogen functional groups attached to an aromatic ring is 1. The largest absolute Gasteiger partial charge is 0.398 e. The van der Waals surface area contributed by atoms with Crippen LogP contribution in [0.25, 0.3) is 0 Å². The minimum absolute atomic E-state index is 0.272. The molecule has 3 nitrogen and oxygen atoms in total. The topological polar surface area (TPSA) is 55.1 Å². The minimum Gasteiger partial charge on any atom is -0.398 e. The van der Waals surface area contributed by atoms with E-state index in [0.29, 0.717) is 16.3 Å². The highest BCUT2D eigenvalue weighted by Crippen LogP contribution is 2.19. The van der Waals surface area contributed by atoms with Gasteiger partial charge in [-0.15, -0.1) is 6.42 Å². The highest BCUT2D eigenvalue weighted by molar-refractivity contribution is 6.33. The molecule has 1 rings (SSSR count). The van der Waals surface area contributed by atoms with Crippen molar-refractivity contribution in [1.29, 1.82) is 0 Å². The second-order valence-electron chi connectivity index (χ2n) is 3.96. The SMILES string of the molecule is C#CC(C)(C)NC(=O)c1ccc(Cl)c(N)c1. The van der Waals surface area contributed by atoms with E-state index in [-0.39, 0.29) is 5.91 Å². The van der Waals surface area contributed by atoms with Crippen LogP contribution < -0.4 is 11.1 Å². The van der Waals surface area contributed by atoms with Gasteiger partial charge >= 0.3 is 0 Å². The normalized spacial score (nSPS) is 10.6. The lowest BCUT2D eigenvalue weighted by atomic mass is 10.1. The fourth-order valence-electron chi connectivity index (χ4n) is 1.08. The van der Waals surface area contributed by atoms with Gasteiger partial charge in [0.15, 0.2) is 0 Å². The van der Waals surface area contributed by atoms with Gasteiger partial charge in [-0.3, -0.25) is 4.79 Å². The molecule has 0 aliphatic heterocycles. The quantitative estimate of drug-likeness (QED) is 0.610. The Morgan fingerprint density at radius 1 is 1.56 bits per heavy atom. The number of anilines is 1. The summed E-state index contributed by atoms with van der Waals surface area (Å²) >= 11 is 5.76. The van der Waals surface area contributed by atoms with Crippen LogP contribution >= 0.6 is 11.6 Å². The molecule has 3 N–H and O–H groups in total. The van der Waals surface area contributed by atoms with Gasteiger partial charge in [-0.2, -0.15) is 0 Å². The minimum atomic E-state index is -0.689. The van der Waals surface area contributed by atoms with Crippen LogP contribution in [-0.4, -0.2) is 11.4 Å². The monoisotopic (exact) mass is 236 g/mol. The number of nitrogens with one attached hydrogen (secondary N) is 1. The van der Waals surface area contributed by atoms with Gasteiger partial charge in [-0.05, 0) is 32.0 Å². The second kappa shape index (κ2) is 4.46. The Kier molecular flexibility index (Phi) is 3.46. The molecule has 0 aliphatic carbocycles. The number of carbonyl (C=O) groups excluding carboxylic acids is 1. The summed E-state index contributed by atoms with van der Waals surface area (Å²) in [4.78, 5) is 11.8. The Balaban J connectivity index is 2.91. The number of hydrogen-bond donors (Lipinski definition) is 2. The maximum atomic E-state index is 11.8. The first-order chi connectivity index (χ1) is 7.35. The molecular weight excluding hydrogens is 224 g/mol. The summed E-state index contributed by atoms with van der Waals surface area (Å²) in [6, 6.07) is 4.69. The fourth-order valence-corrected chi connectivity index (χ4v) is 1.19. The van der Waals surface area contributed by atoms with E-state index in [0.717, 1.165) is 0 Å². The molecule has 1 amide bonds. The third kappa shape index (κ3) is 2.91. The van der Waals surface area contributed by atoms with Crippen LogP contribution in [0, 0.1) is 12.3 Å². The number of terminal acetylenes is 1. The van der Waals surface area contributed by atoms with Crippen LogP contribution in [0.2, 0.25) is 5.02 Å². The zero-order valence-electron chi connectivity index (χ0n) is 9.17. The average Bonchev–Trinajstić information content (AvgIpc) is 2.21. The van der Waals surface area contributed by atoms with Crippen molar-refractivity contribution in [2.24, 2.45) is 0 Å². The summed E-state index contributed by atoms with van der Waals surface area (Å²) in [7, 11) is 0. The molecule has 1 aromatic rings. The first-order valence-electron chi connectivity index (χ1n) is 4.71. The van der Waals surface area contributed by atoms with Crippen LogP contribution in [0.15, 0.2) is 18.2 Å². The lowest BCUT2D eigenvalue weighted by molar-refractivity contribution is 0.0930. The van der Waals surface area contributed by atoms with Crippen LogP contribution in [0.1, 0.15) is 24.2 Å².